The number of aliphatic carboxylic acids is 1. The molecule has 0 rings (SSSR count). The largest absolute Gasteiger partial charge is 1.00 e. The van der Waals surface area contributed by atoms with Gasteiger partial charge in [0, 0.05) is 23.0 Å². The Hall–Kier alpha value is -0.305. The fourth-order valence-corrected chi connectivity index (χ4v) is 1.21. The molecule has 0 aromatic heterocycles. The molecule has 0 saturated heterocycles. The maximum absolute atomic E-state index is 11.1. The number of esters is 2. The minimum atomic E-state index is -1.28. The summed E-state index contributed by atoms with van der Waals surface area (Å²) in [6.45, 7) is 9.69. The molecule has 0 amide bonds. The molecule has 7 heteroatoms. The first-order valence-corrected chi connectivity index (χ1v) is 6.11. The van der Waals surface area contributed by atoms with Crippen molar-refractivity contribution in [3.05, 3.63) is 24.3 Å². The summed E-state index contributed by atoms with van der Waals surface area (Å²) < 4.78 is 9.60. The van der Waals surface area contributed by atoms with E-state index in [4.69, 9.17) is 9.47 Å². The molecule has 0 heterocycles. The summed E-state index contributed by atoms with van der Waals surface area (Å²) in [5, 5.41) is 10.9. The summed E-state index contributed by atoms with van der Waals surface area (Å²) in [4.78, 5) is 33.1. The fourth-order valence-electron chi connectivity index (χ4n) is 1.21. The van der Waals surface area contributed by atoms with Gasteiger partial charge >= 0.3 is 70.1 Å². The van der Waals surface area contributed by atoms with Gasteiger partial charge in [0.25, 0.3) is 0 Å². The molecule has 112 valence electrons. The molecule has 0 aromatic rings. The number of ether oxygens (including phenoxy) is 2. The van der Waals surface area contributed by atoms with Crippen molar-refractivity contribution >= 4 is 17.9 Å². The second-order valence-electron chi connectivity index (χ2n) is 4.43. The van der Waals surface area contributed by atoms with Gasteiger partial charge in [0.05, 0.1) is 13.2 Å². The van der Waals surface area contributed by atoms with E-state index in [1.807, 2.05) is 0 Å². The van der Waals surface area contributed by atoms with Crippen LogP contribution in [-0.2, 0) is 23.9 Å². The molecule has 0 aliphatic carbocycles. The predicted octanol–water partition coefficient (Wildman–Crippen LogP) is -2.62. The Balaban J connectivity index is 0. The number of carbonyl (C=O) groups is 3. The molecule has 0 bridgehead atoms. The van der Waals surface area contributed by atoms with Gasteiger partial charge in [0.1, 0.15) is 0 Å². The Bertz CT molecular complexity index is 384. The van der Waals surface area contributed by atoms with Crippen molar-refractivity contribution in [3.63, 3.8) is 0 Å². The van der Waals surface area contributed by atoms with Crippen LogP contribution in [0.3, 0.4) is 0 Å². The van der Waals surface area contributed by atoms with Gasteiger partial charge in [-0.1, -0.05) is 13.2 Å². The van der Waals surface area contributed by atoms with Crippen LogP contribution in [0.4, 0.5) is 0 Å². The maximum Gasteiger partial charge on any atom is 1.00 e. The van der Waals surface area contributed by atoms with Crippen LogP contribution >= 0.6 is 0 Å². The Morgan fingerprint density at radius 3 is 1.52 bits per heavy atom. The van der Waals surface area contributed by atoms with Gasteiger partial charge in [-0.15, -0.1) is 0 Å². The maximum atomic E-state index is 11.1. The van der Waals surface area contributed by atoms with Crippen LogP contribution in [0.25, 0.3) is 0 Å². The van der Waals surface area contributed by atoms with Gasteiger partial charge in [0.2, 0.25) is 0 Å². The van der Waals surface area contributed by atoms with Crippen LogP contribution in [-0.4, -0.2) is 31.1 Å². The molecule has 0 aliphatic rings. The van der Waals surface area contributed by atoms with E-state index in [-0.39, 0.29) is 95.4 Å². The third-order valence-corrected chi connectivity index (χ3v) is 2.43. The summed E-state index contributed by atoms with van der Waals surface area (Å²) in [6.07, 6.45) is 0.179. The zero-order chi connectivity index (χ0) is 15.7. The number of carbonyl (C=O) groups excluding carboxylic acids is 3. The Labute approximate surface area is 173 Å². The van der Waals surface area contributed by atoms with Gasteiger partial charge in [0.15, 0.2) is 0 Å². The van der Waals surface area contributed by atoms with E-state index in [2.05, 4.69) is 13.2 Å². The van der Waals surface area contributed by atoms with E-state index in [1.54, 1.807) is 0 Å². The molecule has 0 atom stereocenters. The van der Waals surface area contributed by atoms with Gasteiger partial charge in [-0.2, -0.15) is 0 Å². The number of carboxylic acids is 1. The van der Waals surface area contributed by atoms with Gasteiger partial charge < -0.3 is 19.4 Å². The molecule has 0 unspecified atom stereocenters. The van der Waals surface area contributed by atoms with Crippen LogP contribution in [0.15, 0.2) is 24.3 Å². The third kappa shape index (κ3) is 11.0. The molecule has 0 N–H and O–H groups in total. The zero-order valence-electron chi connectivity index (χ0n) is 12.8. The van der Waals surface area contributed by atoms with Crippen molar-refractivity contribution in [2.45, 2.75) is 26.7 Å². The minimum Gasteiger partial charge on any atom is -0.550 e. The van der Waals surface area contributed by atoms with Gasteiger partial charge in [-0.3, -0.25) is 0 Å². The average molecular weight is 369 g/mol. The smallest absolute Gasteiger partial charge is 0.550 e. The van der Waals surface area contributed by atoms with Crippen molar-refractivity contribution in [1.29, 1.82) is 0 Å². The first-order chi connectivity index (χ1) is 9.25. The van der Waals surface area contributed by atoms with Crippen LogP contribution in [0.2, 0.25) is 0 Å². The Morgan fingerprint density at radius 2 is 1.29 bits per heavy atom. The van der Waals surface area contributed by atoms with Gasteiger partial charge in [-0.05, 0) is 26.7 Å². The fraction of sp³-hybridized carbons (Fsp3) is 0.500. The van der Waals surface area contributed by atoms with Crippen molar-refractivity contribution in [2.24, 2.45) is 5.92 Å². The SMILES string of the molecule is C=C(C)C(=O)OCCC(CCOC(=O)C(=C)C)C(=O)[O-].[Rb+]. The molecule has 0 fully saturated rings. The Kier molecular flexibility index (Phi) is 13.4. The van der Waals surface area contributed by atoms with Crippen molar-refractivity contribution in [3.8, 4) is 0 Å². The average Bonchev–Trinajstić information content (AvgIpc) is 2.35. The van der Waals surface area contributed by atoms with Crippen molar-refractivity contribution in [2.75, 3.05) is 13.2 Å². The van der Waals surface area contributed by atoms with Crippen LogP contribution in [0.1, 0.15) is 26.7 Å². The molecule has 0 aromatic carbocycles. The molecule has 6 nitrogen and oxygen atoms in total. The van der Waals surface area contributed by atoms with Crippen molar-refractivity contribution in [1.82, 2.24) is 0 Å². The van der Waals surface area contributed by atoms with Gasteiger partial charge in [-0.25, -0.2) is 9.59 Å². The molecule has 0 aliphatic heterocycles. The molecule has 0 spiro atoms. The summed E-state index contributed by atoms with van der Waals surface area (Å²) in [5.41, 5.74) is 0.482. The standard InChI is InChI=1S/C14H20O6.Rb/c1-9(2)13(17)19-7-5-11(12(15)16)6-8-20-14(18)10(3)4;/h11H,1,3,5-8H2,2,4H3,(H,15,16);/q;+1/p-1. The number of rotatable bonds is 9. The topological polar surface area (TPSA) is 92.7 Å². The zero-order valence-corrected chi connectivity index (χ0v) is 17.7. The van der Waals surface area contributed by atoms with E-state index in [0.717, 1.165) is 0 Å². The van der Waals surface area contributed by atoms with Crippen molar-refractivity contribution < 1.29 is 87.2 Å². The molecule has 21 heavy (non-hydrogen) atoms. The van der Waals surface area contributed by atoms with Crippen LogP contribution in [0, 0.1) is 5.92 Å². The molecule has 0 radical (unpaired) electrons. The minimum absolute atomic E-state index is 0. The first kappa shape index (κ1) is 23.0. The second-order valence-corrected chi connectivity index (χ2v) is 4.43. The van der Waals surface area contributed by atoms with E-state index in [0.29, 0.717) is 0 Å². The molecular weight excluding hydrogens is 350 g/mol. The summed E-state index contributed by atoms with van der Waals surface area (Å²) >= 11 is 0. The van der Waals surface area contributed by atoms with Crippen LogP contribution in [0.5, 0.6) is 0 Å². The summed E-state index contributed by atoms with van der Waals surface area (Å²) in [5.74, 6) is -3.28. The Morgan fingerprint density at radius 1 is 0.952 bits per heavy atom. The number of hydrogen-bond donors (Lipinski definition) is 0. The van der Waals surface area contributed by atoms with E-state index >= 15 is 0 Å². The predicted molar refractivity (Wildman–Crippen MR) is 69.3 cm³/mol. The molecular formula is C14H19O6Rb. The third-order valence-electron chi connectivity index (χ3n) is 2.43. The first-order valence-electron chi connectivity index (χ1n) is 6.11. The normalized spacial score (nSPS) is 9.48. The van der Waals surface area contributed by atoms with Crippen LogP contribution < -0.4 is 63.3 Å². The monoisotopic (exact) mass is 368 g/mol. The number of hydrogen-bond acceptors (Lipinski definition) is 6. The summed E-state index contributed by atoms with van der Waals surface area (Å²) in [7, 11) is 0. The van der Waals surface area contributed by atoms with E-state index in [9.17, 15) is 19.5 Å². The van der Waals surface area contributed by atoms with E-state index < -0.39 is 23.8 Å². The number of carboxylic acid groups (broad SMARTS) is 1. The quantitative estimate of drug-likeness (QED) is 0.327. The van der Waals surface area contributed by atoms with E-state index in [1.165, 1.54) is 13.8 Å². The second kappa shape index (κ2) is 12.3. The molecule has 0 saturated carbocycles. The summed E-state index contributed by atoms with van der Waals surface area (Å²) in [6, 6.07) is 0.